The Hall–Kier alpha value is -2.24. The number of thioether (sulfide) groups is 1. The van der Waals surface area contributed by atoms with Gasteiger partial charge < -0.3 is 14.7 Å². The van der Waals surface area contributed by atoms with Crippen molar-refractivity contribution in [2.45, 2.75) is 38.6 Å². The number of para-hydroxylation sites is 1. The van der Waals surface area contributed by atoms with Crippen molar-refractivity contribution in [2.24, 2.45) is 11.8 Å². The van der Waals surface area contributed by atoms with Crippen molar-refractivity contribution in [3.05, 3.63) is 76.1 Å². The number of aliphatic hydroxyl groups excluding tert-OH is 1. The Labute approximate surface area is 189 Å². The topological polar surface area (TPSA) is 32.7 Å². The highest BCUT2D eigenvalue weighted by Crippen LogP contribution is 2.49. The standard InChI is InChI=1S/C26H32FNO2S/c1-16(2)24-20(15-29)23(18-11-13-19(27)14-12-18)26(25(17(3)4)28(24)5)31-22-10-8-7-9-21(22)30-6/h7-14,16-17,24,29H,15H2,1-6H3. The average Bonchev–Trinajstić information content (AvgIpc) is 2.74. The summed E-state index contributed by atoms with van der Waals surface area (Å²) in [6.07, 6.45) is 0. The molecule has 0 spiro atoms. The third-order valence-electron chi connectivity index (χ3n) is 5.70. The Morgan fingerprint density at radius 3 is 2.26 bits per heavy atom. The van der Waals surface area contributed by atoms with Crippen molar-refractivity contribution in [3.63, 3.8) is 0 Å². The van der Waals surface area contributed by atoms with Gasteiger partial charge in [-0.3, -0.25) is 0 Å². The second-order valence-corrected chi connectivity index (χ2v) is 9.54. The van der Waals surface area contributed by atoms with E-state index >= 15 is 0 Å². The summed E-state index contributed by atoms with van der Waals surface area (Å²) < 4.78 is 19.3. The van der Waals surface area contributed by atoms with Gasteiger partial charge in [0.2, 0.25) is 0 Å². The number of allylic oxidation sites excluding steroid dienone is 2. The van der Waals surface area contributed by atoms with E-state index in [2.05, 4.69) is 39.6 Å². The molecule has 1 aliphatic rings. The monoisotopic (exact) mass is 441 g/mol. The van der Waals surface area contributed by atoms with Crippen LogP contribution in [0.2, 0.25) is 0 Å². The Kier molecular flexibility index (Phi) is 7.50. The van der Waals surface area contributed by atoms with Crippen LogP contribution in [0, 0.1) is 17.7 Å². The molecule has 3 rings (SSSR count). The van der Waals surface area contributed by atoms with E-state index in [1.54, 1.807) is 18.9 Å². The summed E-state index contributed by atoms with van der Waals surface area (Å²) in [6, 6.07) is 14.6. The van der Waals surface area contributed by atoms with Crippen molar-refractivity contribution in [1.82, 2.24) is 4.90 Å². The zero-order valence-electron chi connectivity index (χ0n) is 19.1. The first-order valence-corrected chi connectivity index (χ1v) is 11.5. The van der Waals surface area contributed by atoms with E-state index in [0.29, 0.717) is 5.92 Å². The van der Waals surface area contributed by atoms with Crippen LogP contribution in [0.4, 0.5) is 4.39 Å². The number of hydrogen-bond acceptors (Lipinski definition) is 4. The fraction of sp³-hybridized carbons (Fsp3) is 0.385. The van der Waals surface area contributed by atoms with Gasteiger partial charge in [-0.2, -0.15) is 0 Å². The van der Waals surface area contributed by atoms with E-state index in [0.717, 1.165) is 32.3 Å². The van der Waals surface area contributed by atoms with Crippen LogP contribution >= 0.6 is 11.8 Å². The lowest BCUT2D eigenvalue weighted by atomic mass is 9.83. The fourth-order valence-electron chi connectivity index (χ4n) is 4.51. The van der Waals surface area contributed by atoms with Crippen LogP contribution < -0.4 is 4.74 Å². The number of methoxy groups -OCH3 is 1. The zero-order chi connectivity index (χ0) is 22.7. The number of hydrogen-bond donors (Lipinski definition) is 1. The van der Waals surface area contributed by atoms with Gasteiger partial charge in [-0.25, -0.2) is 4.39 Å². The van der Waals surface area contributed by atoms with Gasteiger partial charge in [0.1, 0.15) is 11.6 Å². The average molecular weight is 442 g/mol. The maximum atomic E-state index is 13.7. The van der Waals surface area contributed by atoms with E-state index in [9.17, 15) is 9.50 Å². The van der Waals surface area contributed by atoms with Crippen molar-refractivity contribution in [3.8, 4) is 5.75 Å². The number of halogens is 1. The van der Waals surface area contributed by atoms with Crippen molar-refractivity contribution < 1.29 is 14.2 Å². The summed E-state index contributed by atoms with van der Waals surface area (Å²) in [5.74, 6) is 1.10. The fourth-order valence-corrected chi connectivity index (χ4v) is 5.96. The predicted octanol–water partition coefficient (Wildman–Crippen LogP) is 6.21. The molecule has 2 aromatic carbocycles. The highest BCUT2D eigenvalue weighted by atomic mass is 32.2. The number of aliphatic hydroxyl groups is 1. The summed E-state index contributed by atoms with van der Waals surface area (Å²) in [4.78, 5) is 4.40. The number of likely N-dealkylation sites (N-methyl/N-ethyl adjacent to an activating group) is 1. The largest absolute Gasteiger partial charge is 0.496 e. The Bertz CT molecular complexity index is 979. The minimum Gasteiger partial charge on any atom is -0.496 e. The lowest BCUT2D eigenvalue weighted by Gasteiger charge is -2.44. The summed E-state index contributed by atoms with van der Waals surface area (Å²) in [5.41, 5.74) is 4.09. The Morgan fingerprint density at radius 2 is 1.71 bits per heavy atom. The molecule has 166 valence electrons. The molecular weight excluding hydrogens is 409 g/mol. The van der Waals surface area contributed by atoms with Gasteiger partial charge in [-0.15, -0.1) is 0 Å². The normalized spacial score (nSPS) is 17.2. The molecule has 0 aromatic heterocycles. The van der Waals surface area contributed by atoms with Crippen LogP contribution in [-0.4, -0.2) is 36.8 Å². The molecule has 1 heterocycles. The molecule has 1 N–H and O–H groups in total. The van der Waals surface area contributed by atoms with E-state index in [1.165, 1.54) is 17.8 Å². The second kappa shape index (κ2) is 9.92. The number of ether oxygens (including phenoxy) is 1. The second-order valence-electron chi connectivity index (χ2n) is 8.49. The first kappa shape index (κ1) is 23.4. The third kappa shape index (κ3) is 4.68. The van der Waals surface area contributed by atoms with E-state index < -0.39 is 0 Å². The molecule has 5 heteroatoms. The molecule has 1 aliphatic heterocycles. The number of benzene rings is 2. The van der Waals surface area contributed by atoms with E-state index in [-0.39, 0.29) is 24.4 Å². The zero-order valence-corrected chi connectivity index (χ0v) is 20.0. The summed E-state index contributed by atoms with van der Waals surface area (Å²) in [6.45, 7) is 8.68. The number of nitrogens with zero attached hydrogens (tertiary/aromatic N) is 1. The van der Waals surface area contributed by atoms with Crippen molar-refractivity contribution >= 4 is 17.3 Å². The quantitative estimate of drug-likeness (QED) is 0.554. The molecular formula is C26H32FNO2S. The van der Waals surface area contributed by atoms with Crippen LogP contribution in [0.3, 0.4) is 0 Å². The molecule has 0 radical (unpaired) electrons. The van der Waals surface area contributed by atoms with Gasteiger partial charge in [0.05, 0.1) is 24.7 Å². The maximum absolute atomic E-state index is 13.7. The van der Waals surface area contributed by atoms with Gasteiger partial charge >= 0.3 is 0 Å². The molecule has 1 atom stereocenters. The van der Waals surface area contributed by atoms with Gasteiger partial charge in [0, 0.05) is 23.2 Å². The molecule has 0 saturated heterocycles. The van der Waals surface area contributed by atoms with Crippen LogP contribution in [0.1, 0.15) is 33.3 Å². The number of rotatable bonds is 7. The molecule has 1 unspecified atom stereocenters. The van der Waals surface area contributed by atoms with Crippen molar-refractivity contribution in [2.75, 3.05) is 20.8 Å². The smallest absolute Gasteiger partial charge is 0.132 e. The minimum atomic E-state index is -0.268. The lowest BCUT2D eigenvalue weighted by molar-refractivity contribution is 0.220. The predicted molar refractivity (Wildman–Crippen MR) is 128 cm³/mol. The molecule has 0 amide bonds. The van der Waals surface area contributed by atoms with Crippen LogP contribution in [0.15, 0.2) is 69.6 Å². The highest BCUT2D eigenvalue weighted by Gasteiger charge is 2.36. The molecule has 2 aromatic rings. The van der Waals surface area contributed by atoms with Crippen LogP contribution in [-0.2, 0) is 0 Å². The van der Waals surface area contributed by atoms with Crippen LogP contribution in [0.5, 0.6) is 5.75 Å². The summed E-state index contributed by atoms with van der Waals surface area (Å²) in [7, 11) is 3.79. The van der Waals surface area contributed by atoms with Crippen LogP contribution in [0.25, 0.3) is 5.57 Å². The van der Waals surface area contributed by atoms with Gasteiger partial charge in [-0.1, -0.05) is 63.7 Å². The Morgan fingerprint density at radius 1 is 1.06 bits per heavy atom. The first-order chi connectivity index (χ1) is 14.8. The molecule has 0 bridgehead atoms. The van der Waals surface area contributed by atoms with Gasteiger partial charge in [-0.05, 0) is 47.2 Å². The molecule has 0 fully saturated rings. The van der Waals surface area contributed by atoms with Crippen molar-refractivity contribution in [1.29, 1.82) is 0 Å². The summed E-state index contributed by atoms with van der Waals surface area (Å²) >= 11 is 1.65. The minimum absolute atomic E-state index is 0.0543. The molecule has 31 heavy (non-hydrogen) atoms. The summed E-state index contributed by atoms with van der Waals surface area (Å²) in [5, 5.41) is 10.5. The maximum Gasteiger partial charge on any atom is 0.132 e. The first-order valence-electron chi connectivity index (χ1n) is 10.7. The third-order valence-corrected chi connectivity index (χ3v) is 6.87. The molecule has 3 nitrogen and oxygen atoms in total. The molecule has 0 aliphatic carbocycles. The Balaban J connectivity index is 2.31. The lowest BCUT2D eigenvalue weighted by Crippen LogP contribution is -2.42. The SMILES string of the molecule is COc1ccccc1SC1=C(C(C)C)N(C)C(C(C)C)C(CO)=C1c1ccc(F)cc1. The molecule has 0 saturated carbocycles. The highest BCUT2D eigenvalue weighted by molar-refractivity contribution is 8.03. The van der Waals surface area contributed by atoms with E-state index in [4.69, 9.17) is 4.74 Å². The van der Waals surface area contributed by atoms with Gasteiger partial charge in [0.25, 0.3) is 0 Å². The van der Waals surface area contributed by atoms with E-state index in [1.807, 2.05) is 36.4 Å². The van der Waals surface area contributed by atoms with Gasteiger partial charge in [0.15, 0.2) is 0 Å².